The zero-order valence-electron chi connectivity index (χ0n) is 12.3. The van der Waals surface area contributed by atoms with Gasteiger partial charge in [-0.15, -0.1) is 0 Å². The van der Waals surface area contributed by atoms with Gasteiger partial charge in [0.1, 0.15) is 0 Å². The van der Waals surface area contributed by atoms with Crippen LogP contribution in [-0.2, 0) is 11.3 Å². The highest BCUT2D eigenvalue weighted by molar-refractivity contribution is 5.74. The first kappa shape index (κ1) is 15.3. The van der Waals surface area contributed by atoms with Gasteiger partial charge < -0.3 is 15.3 Å². The van der Waals surface area contributed by atoms with Crippen LogP contribution in [0.25, 0.3) is 0 Å². The number of amides is 2. The van der Waals surface area contributed by atoms with Gasteiger partial charge in [0.2, 0.25) is 0 Å². The maximum absolute atomic E-state index is 12.0. The molecule has 2 rings (SSSR count). The van der Waals surface area contributed by atoms with Crippen LogP contribution in [0.5, 0.6) is 0 Å². The Balaban J connectivity index is 1.66. The van der Waals surface area contributed by atoms with E-state index in [0.717, 1.165) is 12.0 Å². The van der Waals surface area contributed by atoms with Gasteiger partial charge in [-0.1, -0.05) is 0 Å². The van der Waals surface area contributed by atoms with E-state index in [0.29, 0.717) is 38.5 Å². The third-order valence-corrected chi connectivity index (χ3v) is 3.72. The minimum Gasteiger partial charge on any atom is -0.481 e. The van der Waals surface area contributed by atoms with Crippen LogP contribution in [0.2, 0.25) is 0 Å². The Hall–Kier alpha value is -2.05. The van der Waals surface area contributed by atoms with E-state index < -0.39 is 5.97 Å². The van der Waals surface area contributed by atoms with Crippen molar-refractivity contribution in [1.82, 2.24) is 20.0 Å². The Labute approximate surface area is 123 Å². The van der Waals surface area contributed by atoms with Crippen molar-refractivity contribution in [1.29, 1.82) is 0 Å². The molecule has 0 aliphatic carbocycles. The van der Waals surface area contributed by atoms with Crippen LogP contribution in [0.3, 0.4) is 0 Å². The molecule has 7 nitrogen and oxygen atoms in total. The van der Waals surface area contributed by atoms with Crippen LogP contribution in [0, 0.1) is 12.8 Å². The summed E-state index contributed by atoms with van der Waals surface area (Å²) >= 11 is 0. The number of likely N-dealkylation sites (tertiary alicyclic amines) is 1. The highest BCUT2D eigenvalue weighted by Crippen LogP contribution is 2.20. The molecule has 2 N–H and O–H groups in total. The molecule has 2 amide bonds. The number of rotatable bonds is 6. The molecule has 116 valence electrons. The highest BCUT2D eigenvalue weighted by atomic mass is 16.4. The standard InChI is InChI=1S/C14H22N4O3/c1-11-8-16-18(9-11)7-5-15-14(21)17-6-4-12(10-17)2-3-13(19)20/h8-9,12H,2-7,10H2,1H3,(H,15,21)(H,19,20). The van der Waals surface area contributed by atoms with E-state index in [1.54, 1.807) is 15.8 Å². The lowest BCUT2D eigenvalue weighted by molar-refractivity contribution is -0.137. The van der Waals surface area contributed by atoms with Gasteiger partial charge in [-0.2, -0.15) is 5.10 Å². The molecule has 0 spiro atoms. The monoisotopic (exact) mass is 294 g/mol. The second-order valence-electron chi connectivity index (χ2n) is 5.55. The predicted octanol–water partition coefficient (Wildman–Crippen LogP) is 1.09. The van der Waals surface area contributed by atoms with E-state index in [1.807, 2.05) is 13.1 Å². The number of aliphatic carboxylic acids is 1. The second kappa shape index (κ2) is 7.10. The van der Waals surface area contributed by atoms with Crippen molar-refractivity contribution in [2.45, 2.75) is 32.7 Å². The Morgan fingerprint density at radius 2 is 2.33 bits per heavy atom. The number of carboxylic acids is 1. The maximum atomic E-state index is 12.0. The van der Waals surface area contributed by atoms with Crippen molar-refractivity contribution in [2.75, 3.05) is 19.6 Å². The number of urea groups is 1. The second-order valence-corrected chi connectivity index (χ2v) is 5.55. The normalized spacial score (nSPS) is 18.0. The highest BCUT2D eigenvalue weighted by Gasteiger charge is 2.26. The minimum absolute atomic E-state index is 0.0725. The molecule has 1 aliphatic rings. The Bertz CT molecular complexity index is 500. The summed E-state index contributed by atoms with van der Waals surface area (Å²) in [5, 5.41) is 15.7. The molecule has 1 atom stereocenters. The van der Waals surface area contributed by atoms with E-state index >= 15 is 0 Å². The SMILES string of the molecule is Cc1cnn(CCNC(=O)N2CCC(CCC(=O)O)C2)c1. The molecular formula is C14H22N4O3. The third kappa shape index (κ3) is 4.77. The first-order valence-electron chi connectivity index (χ1n) is 7.28. The lowest BCUT2D eigenvalue weighted by Crippen LogP contribution is -2.39. The summed E-state index contributed by atoms with van der Waals surface area (Å²) in [6.07, 6.45) is 5.43. The fraction of sp³-hybridized carbons (Fsp3) is 0.643. The van der Waals surface area contributed by atoms with E-state index in [9.17, 15) is 9.59 Å². The third-order valence-electron chi connectivity index (χ3n) is 3.72. The van der Waals surface area contributed by atoms with E-state index in [-0.39, 0.29) is 12.5 Å². The predicted molar refractivity (Wildman–Crippen MR) is 76.9 cm³/mol. The number of aryl methyl sites for hydroxylation is 1. The summed E-state index contributed by atoms with van der Waals surface area (Å²) in [5.74, 6) is -0.465. The Morgan fingerprint density at radius 3 is 3.00 bits per heavy atom. The van der Waals surface area contributed by atoms with E-state index in [2.05, 4.69) is 10.4 Å². The molecule has 0 aromatic carbocycles. The van der Waals surface area contributed by atoms with Crippen molar-refractivity contribution in [3.63, 3.8) is 0 Å². The van der Waals surface area contributed by atoms with Gasteiger partial charge in [0, 0.05) is 32.3 Å². The molecule has 1 aliphatic heterocycles. The number of carboxylic acid groups (broad SMARTS) is 1. The molecule has 1 fully saturated rings. The molecule has 0 saturated carbocycles. The molecule has 21 heavy (non-hydrogen) atoms. The van der Waals surface area contributed by atoms with Gasteiger partial charge in [0.15, 0.2) is 0 Å². The smallest absolute Gasteiger partial charge is 0.317 e. The summed E-state index contributed by atoms with van der Waals surface area (Å²) in [6, 6.07) is -0.0725. The van der Waals surface area contributed by atoms with Crippen LogP contribution in [0.15, 0.2) is 12.4 Å². The number of nitrogens with zero attached hydrogens (tertiary/aromatic N) is 3. The summed E-state index contributed by atoms with van der Waals surface area (Å²) < 4.78 is 1.80. The molecule has 1 unspecified atom stereocenters. The van der Waals surface area contributed by atoms with Crippen molar-refractivity contribution >= 4 is 12.0 Å². The molecule has 0 bridgehead atoms. The largest absolute Gasteiger partial charge is 0.481 e. The zero-order valence-corrected chi connectivity index (χ0v) is 12.3. The van der Waals surface area contributed by atoms with Gasteiger partial charge in [-0.05, 0) is 31.2 Å². The van der Waals surface area contributed by atoms with Gasteiger partial charge in [0.25, 0.3) is 0 Å². The van der Waals surface area contributed by atoms with Crippen molar-refractivity contribution in [2.24, 2.45) is 5.92 Å². The summed E-state index contributed by atoms with van der Waals surface area (Å²) in [5.41, 5.74) is 1.10. The number of hydrogen-bond acceptors (Lipinski definition) is 3. The molecular weight excluding hydrogens is 272 g/mol. The Kier molecular flexibility index (Phi) is 5.19. The van der Waals surface area contributed by atoms with Crippen molar-refractivity contribution in [3.8, 4) is 0 Å². The quantitative estimate of drug-likeness (QED) is 0.822. The van der Waals surface area contributed by atoms with Gasteiger partial charge in [0.05, 0.1) is 12.7 Å². The molecule has 7 heteroatoms. The Morgan fingerprint density at radius 1 is 1.52 bits per heavy atom. The number of aromatic nitrogens is 2. The van der Waals surface area contributed by atoms with Crippen LogP contribution in [0.1, 0.15) is 24.8 Å². The van der Waals surface area contributed by atoms with E-state index in [1.165, 1.54) is 0 Å². The lowest BCUT2D eigenvalue weighted by Gasteiger charge is -2.17. The molecule has 2 heterocycles. The van der Waals surface area contributed by atoms with Crippen LogP contribution >= 0.6 is 0 Å². The topological polar surface area (TPSA) is 87.5 Å². The minimum atomic E-state index is -0.771. The van der Waals surface area contributed by atoms with Crippen molar-refractivity contribution < 1.29 is 14.7 Å². The average molecular weight is 294 g/mol. The maximum Gasteiger partial charge on any atom is 0.317 e. The summed E-state index contributed by atoms with van der Waals surface area (Å²) in [6.45, 7) is 4.52. The summed E-state index contributed by atoms with van der Waals surface area (Å²) in [4.78, 5) is 24.3. The number of hydrogen-bond donors (Lipinski definition) is 2. The average Bonchev–Trinajstić information content (AvgIpc) is 3.05. The van der Waals surface area contributed by atoms with Crippen molar-refractivity contribution in [3.05, 3.63) is 18.0 Å². The molecule has 0 radical (unpaired) electrons. The molecule has 1 saturated heterocycles. The fourth-order valence-corrected chi connectivity index (χ4v) is 2.56. The van der Waals surface area contributed by atoms with Crippen LogP contribution in [0.4, 0.5) is 4.79 Å². The number of nitrogens with one attached hydrogen (secondary N) is 1. The zero-order chi connectivity index (χ0) is 15.2. The van der Waals surface area contributed by atoms with Gasteiger partial charge in [-0.25, -0.2) is 4.79 Å². The first-order chi connectivity index (χ1) is 10.0. The fourth-order valence-electron chi connectivity index (χ4n) is 2.56. The number of carbonyl (C=O) groups is 2. The molecule has 1 aromatic rings. The molecule has 1 aromatic heterocycles. The van der Waals surface area contributed by atoms with Gasteiger partial charge in [-0.3, -0.25) is 9.48 Å². The van der Waals surface area contributed by atoms with Crippen LogP contribution < -0.4 is 5.32 Å². The van der Waals surface area contributed by atoms with E-state index in [4.69, 9.17) is 5.11 Å². The van der Waals surface area contributed by atoms with Gasteiger partial charge >= 0.3 is 12.0 Å². The van der Waals surface area contributed by atoms with Crippen LogP contribution in [-0.4, -0.2) is 51.4 Å². The first-order valence-corrected chi connectivity index (χ1v) is 7.28. The lowest BCUT2D eigenvalue weighted by atomic mass is 10.0. The number of carbonyl (C=O) groups excluding carboxylic acids is 1. The summed E-state index contributed by atoms with van der Waals surface area (Å²) in [7, 11) is 0.